The van der Waals surface area contributed by atoms with E-state index in [-0.39, 0.29) is 11.8 Å². The zero-order valence-electron chi connectivity index (χ0n) is 9.00. The van der Waals surface area contributed by atoms with Gasteiger partial charge in [0.05, 0.1) is 6.04 Å². The van der Waals surface area contributed by atoms with Crippen LogP contribution in [-0.4, -0.2) is 11.8 Å². The van der Waals surface area contributed by atoms with Gasteiger partial charge in [0.1, 0.15) is 0 Å². The van der Waals surface area contributed by atoms with Gasteiger partial charge in [0, 0.05) is 5.56 Å². The molecule has 0 amide bonds. The fourth-order valence-electron chi connectivity index (χ4n) is 1.63. The molecule has 1 atom stereocenters. The standard InChI is InChI=1S/C10H11NO.C2H6/c1-6-2-3-7-5-9(11)10(12)8(7)4-6;1-2/h2-4,9H,5,11H2,1H3;1-2H3. The summed E-state index contributed by atoms with van der Waals surface area (Å²) in [4.78, 5) is 11.4. The Morgan fingerprint density at radius 1 is 1.36 bits per heavy atom. The Morgan fingerprint density at radius 2 is 2.00 bits per heavy atom. The fraction of sp³-hybridized carbons (Fsp3) is 0.417. The van der Waals surface area contributed by atoms with E-state index in [1.165, 1.54) is 0 Å². The smallest absolute Gasteiger partial charge is 0.180 e. The summed E-state index contributed by atoms with van der Waals surface area (Å²) in [5.41, 5.74) is 8.67. The Kier molecular flexibility index (Phi) is 3.42. The average Bonchev–Trinajstić information content (AvgIpc) is 2.48. The predicted molar refractivity (Wildman–Crippen MR) is 58.5 cm³/mol. The molecule has 0 aliphatic heterocycles. The van der Waals surface area contributed by atoms with Gasteiger partial charge in [0.15, 0.2) is 5.78 Å². The summed E-state index contributed by atoms with van der Waals surface area (Å²) in [6, 6.07) is 5.63. The third kappa shape index (κ3) is 1.85. The maximum Gasteiger partial charge on any atom is 0.180 e. The minimum absolute atomic E-state index is 0.0914. The molecule has 0 saturated carbocycles. The van der Waals surface area contributed by atoms with E-state index < -0.39 is 0 Å². The molecule has 2 heteroatoms. The highest BCUT2D eigenvalue weighted by atomic mass is 16.1. The minimum atomic E-state index is -0.304. The highest BCUT2D eigenvalue weighted by molar-refractivity contribution is 6.04. The van der Waals surface area contributed by atoms with Crippen LogP contribution in [0.15, 0.2) is 18.2 Å². The summed E-state index contributed by atoms with van der Waals surface area (Å²) < 4.78 is 0. The second-order valence-corrected chi connectivity index (χ2v) is 3.34. The van der Waals surface area contributed by atoms with E-state index in [1.807, 2.05) is 39.0 Å². The van der Waals surface area contributed by atoms with Gasteiger partial charge in [-0.1, -0.05) is 31.5 Å². The fourth-order valence-corrected chi connectivity index (χ4v) is 1.63. The van der Waals surface area contributed by atoms with Crippen molar-refractivity contribution in [3.8, 4) is 0 Å². The van der Waals surface area contributed by atoms with E-state index in [4.69, 9.17) is 5.73 Å². The van der Waals surface area contributed by atoms with Crippen LogP contribution in [0.5, 0.6) is 0 Å². The molecule has 0 aromatic heterocycles. The number of ketones is 1. The lowest BCUT2D eigenvalue weighted by Crippen LogP contribution is -2.26. The summed E-state index contributed by atoms with van der Waals surface area (Å²) in [5.74, 6) is 0.0914. The molecule has 2 rings (SSSR count). The van der Waals surface area contributed by atoms with Crippen molar-refractivity contribution in [2.24, 2.45) is 5.73 Å². The highest BCUT2D eigenvalue weighted by Gasteiger charge is 2.26. The van der Waals surface area contributed by atoms with Crippen molar-refractivity contribution in [1.82, 2.24) is 0 Å². The first-order valence-corrected chi connectivity index (χ1v) is 5.08. The Bertz CT molecular complexity index is 344. The average molecular weight is 191 g/mol. The lowest BCUT2D eigenvalue weighted by Gasteiger charge is -1.97. The molecule has 14 heavy (non-hydrogen) atoms. The van der Waals surface area contributed by atoms with Crippen molar-refractivity contribution in [2.75, 3.05) is 0 Å². The molecule has 0 heterocycles. The van der Waals surface area contributed by atoms with Crippen molar-refractivity contribution in [3.63, 3.8) is 0 Å². The molecule has 76 valence electrons. The van der Waals surface area contributed by atoms with Gasteiger partial charge in [-0.15, -0.1) is 0 Å². The summed E-state index contributed by atoms with van der Waals surface area (Å²) in [5, 5.41) is 0. The molecule has 1 aromatic rings. The van der Waals surface area contributed by atoms with Crippen molar-refractivity contribution < 1.29 is 4.79 Å². The van der Waals surface area contributed by atoms with E-state index in [1.54, 1.807) is 0 Å². The van der Waals surface area contributed by atoms with Crippen LogP contribution < -0.4 is 5.73 Å². The third-order valence-corrected chi connectivity index (χ3v) is 2.31. The van der Waals surface area contributed by atoms with Gasteiger partial charge in [-0.05, 0) is 25.0 Å². The highest BCUT2D eigenvalue weighted by Crippen LogP contribution is 2.21. The van der Waals surface area contributed by atoms with Gasteiger partial charge < -0.3 is 5.73 Å². The largest absolute Gasteiger partial charge is 0.321 e. The number of fused-ring (bicyclic) bond motifs is 1. The van der Waals surface area contributed by atoms with E-state index >= 15 is 0 Å². The van der Waals surface area contributed by atoms with Gasteiger partial charge in [0.25, 0.3) is 0 Å². The number of rotatable bonds is 0. The van der Waals surface area contributed by atoms with Crippen molar-refractivity contribution >= 4 is 5.78 Å². The molecular weight excluding hydrogens is 174 g/mol. The van der Waals surface area contributed by atoms with Crippen LogP contribution in [0.25, 0.3) is 0 Å². The molecule has 1 aromatic carbocycles. The number of aryl methyl sites for hydroxylation is 1. The summed E-state index contributed by atoms with van der Waals surface area (Å²) in [7, 11) is 0. The van der Waals surface area contributed by atoms with Gasteiger partial charge in [0.2, 0.25) is 0 Å². The van der Waals surface area contributed by atoms with E-state index in [9.17, 15) is 4.79 Å². The number of carbonyl (C=O) groups excluding carboxylic acids is 1. The van der Waals surface area contributed by atoms with Crippen LogP contribution in [0.4, 0.5) is 0 Å². The first-order valence-electron chi connectivity index (χ1n) is 5.08. The summed E-state index contributed by atoms with van der Waals surface area (Å²) in [6.45, 7) is 5.98. The van der Waals surface area contributed by atoms with Crippen molar-refractivity contribution in [3.05, 3.63) is 34.9 Å². The lowest BCUT2D eigenvalue weighted by molar-refractivity contribution is 0.0974. The van der Waals surface area contributed by atoms with Crippen LogP contribution in [-0.2, 0) is 6.42 Å². The van der Waals surface area contributed by atoms with Crippen LogP contribution in [0.2, 0.25) is 0 Å². The molecular formula is C12H17NO. The molecule has 2 N–H and O–H groups in total. The zero-order valence-corrected chi connectivity index (χ0v) is 9.00. The first-order chi connectivity index (χ1) is 6.68. The SMILES string of the molecule is CC.Cc1ccc2c(c1)C(=O)C(N)C2. The maximum absolute atomic E-state index is 11.4. The Hall–Kier alpha value is -1.15. The molecule has 0 radical (unpaired) electrons. The minimum Gasteiger partial charge on any atom is -0.321 e. The van der Waals surface area contributed by atoms with Crippen molar-refractivity contribution in [1.29, 1.82) is 0 Å². The van der Waals surface area contributed by atoms with Crippen LogP contribution in [0.3, 0.4) is 0 Å². The third-order valence-electron chi connectivity index (χ3n) is 2.31. The number of nitrogens with two attached hydrogens (primary N) is 1. The Labute approximate surface area is 85.1 Å². The zero-order chi connectivity index (χ0) is 10.7. The topological polar surface area (TPSA) is 43.1 Å². The number of Topliss-reactive ketones (excluding diaryl/α,β-unsaturated/α-hetero) is 1. The van der Waals surface area contributed by atoms with E-state index in [0.717, 1.165) is 16.7 Å². The quantitative estimate of drug-likeness (QED) is 0.682. The maximum atomic E-state index is 11.4. The molecule has 1 aliphatic carbocycles. The Balaban J connectivity index is 0.000000461. The molecule has 0 fully saturated rings. The number of hydrogen-bond acceptors (Lipinski definition) is 2. The lowest BCUT2D eigenvalue weighted by atomic mass is 10.1. The molecule has 1 aliphatic rings. The second-order valence-electron chi connectivity index (χ2n) is 3.34. The molecule has 0 bridgehead atoms. The second kappa shape index (κ2) is 4.38. The molecule has 2 nitrogen and oxygen atoms in total. The predicted octanol–water partition coefficient (Wildman–Crippen LogP) is 2.09. The van der Waals surface area contributed by atoms with E-state index in [2.05, 4.69) is 0 Å². The number of hydrogen-bond donors (Lipinski definition) is 1. The summed E-state index contributed by atoms with van der Waals surface area (Å²) >= 11 is 0. The van der Waals surface area contributed by atoms with Gasteiger partial charge in [-0.2, -0.15) is 0 Å². The van der Waals surface area contributed by atoms with Crippen LogP contribution >= 0.6 is 0 Å². The Morgan fingerprint density at radius 3 is 2.64 bits per heavy atom. The van der Waals surface area contributed by atoms with Crippen LogP contribution in [0.1, 0.15) is 35.3 Å². The first kappa shape index (κ1) is 10.9. The van der Waals surface area contributed by atoms with Gasteiger partial charge >= 0.3 is 0 Å². The molecule has 1 unspecified atom stereocenters. The van der Waals surface area contributed by atoms with Gasteiger partial charge in [-0.3, -0.25) is 4.79 Å². The number of carbonyl (C=O) groups is 1. The van der Waals surface area contributed by atoms with Crippen LogP contribution in [0, 0.1) is 6.92 Å². The number of benzene rings is 1. The normalized spacial score (nSPS) is 18.6. The van der Waals surface area contributed by atoms with E-state index in [0.29, 0.717) is 6.42 Å². The molecule has 0 spiro atoms. The van der Waals surface area contributed by atoms with Crippen molar-refractivity contribution in [2.45, 2.75) is 33.2 Å². The monoisotopic (exact) mass is 191 g/mol. The molecule has 0 saturated heterocycles. The van der Waals surface area contributed by atoms with Gasteiger partial charge in [-0.25, -0.2) is 0 Å². The summed E-state index contributed by atoms with van der Waals surface area (Å²) in [6.07, 6.45) is 0.703.